The fourth-order valence-corrected chi connectivity index (χ4v) is 3.31. The van der Waals surface area contributed by atoms with Gasteiger partial charge >= 0.3 is 0 Å². The Morgan fingerprint density at radius 3 is 2.81 bits per heavy atom. The molecule has 0 fully saturated rings. The summed E-state index contributed by atoms with van der Waals surface area (Å²) in [6.07, 6.45) is 0. The van der Waals surface area contributed by atoms with Crippen LogP contribution in [0.25, 0.3) is 11.0 Å². The Morgan fingerprint density at radius 2 is 2.10 bits per heavy atom. The molecule has 0 radical (unpaired) electrons. The molecule has 0 spiro atoms. The number of halogens is 1. The van der Waals surface area contributed by atoms with Gasteiger partial charge in [-0.05, 0) is 48.8 Å². The van der Waals surface area contributed by atoms with Crippen molar-refractivity contribution < 1.29 is 8.81 Å². The van der Waals surface area contributed by atoms with Crippen molar-refractivity contribution in [2.75, 3.05) is 7.05 Å². The number of hydrogen-bond acceptors (Lipinski definition) is 5. The van der Waals surface area contributed by atoms with Crippen molar-refractivity contribution >= 4 is 22.5 Å². The minimum Gasteiger partial charge on any atom is -0.459 e. The predicted molar refractivity (Wildman–Crippen MR) is 81.1 cm³/mol. The summed E-state index contributed by atoms with van der Waals surface area (Å²) in [7, 11) is 1.86. The number of fused-ring (bicyclic) bond motifs is 1. The number of rotatable bonds is 4. The Balaban J connectivity index is 2.07. The molecule has 2 heterocycles. The van der Waals surface area contributed by atoms with E-state index in [1.54, 1.807) is 6.07 Å². The van der Waals surface area contributed by atoms with Crippen LogP contribution in [-0.2, 0) is 0 Å². The van der Waals surface area contributed by atoms with E-state index in [2.05, 4.69) is 28.8 Å². The molecule has 0 bridgehead atoms. The van der Waals surface area contributed by atoms with E-state index < -0.39 is 0 Å². The second-order valence-corrected chi connectivity index (χ2v) is 6.02. The zero-order valence-electron chi connectivity index (χ0n) is 12.1. The molecular formula is C15H16FN3OS. The molecule has 1 unspecified atom stereocenters. The van der Waals surface area contributed by atoms with Gasteiger partial charge in [0.2, 0.25) is 0 Å². The van der Waals surface area contributed by atoms with Crippen LogP contribution in [0.15, 0.2) is 28.7 Å². The molecule has 4 nitrogen and oxygen atoms in total. The lowest BCUT2D eigenvalue weighted by molar-refractivity contribution is 0.492. The van der Waals surface area contributed by atoms with Gasteiger partial charge in [0.15, 0.2) is 0 Å². The van der Waals surface area contributed by atoms with Crippen molar-refractivity contribution in [2.24, 2.45) is 0 Å². The van der Waals surface area contributed by atoms with Crippen molar-refractivity contribution in [1.29, 1.82) is 0 Å². The molecule has 6 heteroatoms. The maximum Gasteiger partial charge on any atom is 0.134 e. The largest absolute Gasteiger partial charge is 0.459 e. The number of aromatic nitrogens is 2. The highest BCUT2D eigenvalue weighted by Crippen LogP contribution is 2.33. The molecular weight excluding hydrogens is 289 g/mol. The zero-order valence-corrected chi connectivity index (χ0v) is 12.9. The summed E-state index contributed by atoms with van der Waals surface area (Å²) < 4.78 is 23.2. The third kappa shape index (κ3) is 2.56. The highest BCUT2D eigenvalue weighted by molar-refractivity contribution is 7.05. The summed E-state index contributed by atoms with van der Waals surface area (Å²) in [5.41, 5.74) is 1.64. The van der Waals surface area contributed by atoms with Crippen LogP contribution in [0.5, 0.6) is 0 Å². The Hall–Kier alpha value is -1.79. The van der Waals surface area contributed by atoms with Gasteiger partial charge in [-0.3, -0.25) is 0 Å². The van der Waals surface area contributed by atoms with Gasteiger partial charge in [0, 0.05) is 5.39 Å². The van der Waals surface area contributed by atoms with Gasteiger partial charge in [0.25, 0.3) is 0 Å². The lowest BCUT2D eigenvalue weighted by atomic mass is 10.0. The molecule has 0 aliphatic carbocycles. The Kier molecular flexibility index (Phi) is 3.73. The third-order valence-corrected chi connectivity index (χ3v) is 4.22. The van der Waals surface area contributed by atoms with Crippen LogP contribution in [0.3, 0.4) is 0 Å². The monoisotopic (exact) mass is 305 g/mol. The van der Waals surface area contributed by atoms with E-state index in [9.17, 15) is 4.39 Å². The van der Waals surface area contributed by atoms with Crippen molar-refractivity contribution in [3.63, 3.8) is 0 Å². The zero-order chi connectivity index (χ0) is 15.0. The van der Waals surface area contributed by atoms with Crippen LogP contribution in [0.4, 0.5) is 4.39 Å². The highest BCUT2D eigenvalue weighted by Gasteiger charge is 2.24. The molecule has 0 saturated heterocycles. The number of furan rings is 1. The Bertz CT molecular complexity index is 765. The molecule has 21 heavy (non-hydrogen) atoms. The number of hydrogen-bond donors (Lipinski definition) is 1. The molecule has 0 aliphatic heterocycles. The second-order valence-electron chi connectivity index (χ2n) is 5.23. The van der Waals surface area contributed by atoms with E-state index in [0.717, 1.165) is 21.7 Å². The standard InChI is InChI=1S/C15H16FN3OS/c1-8(2)13-15(21-19-18-13)14(17-3)12-7-9-6-10(16)4-5-11(9)20-12/h4-8,14,17H,1-3H3. The number of nitrogens with zero attached hydrogens (tertiary/aromatic N) is 2. The Labute approximate surface area is 126 Å². The van der Waals surface area contributed by atoms with Crippen LogP contribution in [0, 0.1) is 5.82 Å². The number of benzene rings is 1. The van der Waals surface area contributed by atoms with E-state index >= 15 is 0 Å². The van der Waals surface area contributed by atoms with E-state index in [0.29, 0.717) is 5.58 Å². The molecule has 110 valence electrons. The van der Waals surface area contributed by atoms with Gasteiger partial charge in [0.05, 0.1) is 10.6 Å². The molecule has 1 N–H and O–H groups in total. The first-order chi connectivity index (χ1) is 10.1. The van der Waals surface area contributed by atoms with Crippen LogP contribution in [0.1, 0.15) is 42.1 Å². The lowest BCUT2D eigenvalue weighted by Gasteiger charge is -2.13. The summed E-state index contributed by atoms with van der Waals surface area (Å²) in [6, 6.07) is 6.26. The van der Waals surface area contributed by atoms with Crippen LogP contribution in [-0.4, -0.2) is 16.6 Å². The van der Waals surface area contributed by atoms with E-state index in [4.69, 9.17) is 4.42 Å². The summed E-state index contributed by atoms with van der Waals surface area (Å²) in [6.45, 7) is 4.17. The Morgan fingerprint density at radius 1 is 1.29 bits per heavy atom. The van der Waals surface area contributed by atoms with E-state index in [1.807, 2.05) is 13.1 Å². The van der Waals surface area contributed by atoms with Crippen molar-refractivity contribution in [2.45, 2.75) is 25.8 Å². The van der Waals surface area contributed by atoms with Gasteiger partial charge < -0.3 is 9.73 Å². The van der Waals surface area contributed by atoms with Gasteiger partial charge in [-0.2, -0.15) is 0 Å². The molecule has 1 aromatic carbocycles. The maximum atomic E-state index is 13.3. The fraction of sp³-hybridized carbons (Fsp3) is 0.333. The van der Waals surface area contributed by atoms with Crippen molar-refractivity contribution in [3.8, 4) is 0 Å². The van der Waals surface area contributed by atoms with Crippen LogP contribution < -0.4 is 5.32 Å². The minimum absolute atomic E-state index is 0.127. The summed E-state index contributed by atoms with van der Waals surface area (Å²) >= 11 is 1.36. The quantitative estimate of drug-likeness (QED) is 0.795. The topological polar surface area (TPSA) is 51.0 Å². The third-order valence-electron chi connectivity index (χ3n) is 3.42. The average Bonchev–Trinajstić information content (AvgIpc) is 3.06. The fourth-order valence-electron chi connectivity index (χ4n) is 2.38. The molecule has 0 saturated carbocycles. The predicted octanol–water partition coefficient (Wildman–Crippen LogP) is 3.86. The van der Waals surface area contributed by atoms with Crippen LogP contribution in [0.2, 0.25) is 0 Å². The average molecular weight is 305 g/mol. The summed E-state index contributed by atoms with van der Waals surface area (Å²) in [4.78, 5) is 1.03. The first-order valence-corrected chi connectivity index (χ1v) is 7.56. The van der Waals surface area contributed by atoms with Crippen LogP contribution >= 0.6 is 11.5 Å². The first-order valence-electron chi connectivity index (χ1n) is 6.78. The highest BCUT2D eigenvalue weighted by atomic mass is 32.1. The molecule has 1 atom stereocenters. The normalized spacial score (nSPS) is 13.2. The van der Waals surface area contributed by atoms with Crippen molar-refractivity contribution in [1.82, 2.24) is 14.9 Å². The van der Waals surface area contributed by atoms with Gasteiger partial charge in [0.1, 0.15) is 23.2 Å². The van der Waals surface area contributed by atoms with E-state index in [-0.39, 0.29) is 17.8 Å². The molecule has 0 amide bonds. The van der Waals surface area contributed by atoms with Gasteiger partial charge in [-0.1, -0.05) is 18.3 Å². The minimum atomic E-state index is -0.266. The molecule has 3 rings (SSSR count). The second kappa shape index (κ2) is 5.54. The lowest BCUT2D eigenvalue weighted by Crippen LogP contribution is -2.17. The molecule has 2 aromatic heterocycles. The first kappa shape index (κ1) is 14.2. The van der Waals surface area contributed by atoms with Crippen molar-refractivity contribution in [3.05, 3.63) is 46.4 Å². The SMILES string of the molecule is CNC(c1cc2cc(F)ccc2o1)c1snnc1C(C)C. The molecule has 3 aromatic rings. The smallest absolute Gasteiger partial charge is 0.134 e. The van der Waals surface area contributed by atoms with Gasteiger partial charge in [-0.25, -0.2) is 4.39 Å². The van der Waals surface area contributed by atoms with E-state index in [1.165, 1.54) is 23.7 Å². The molecule has 0 aliphatic rings. The summed E-state index contributed by atoms with van der Waals surface area (Å²) in [5.74, 6) is 0.764. The summed E-state index contributed by atoms with van der Waals surface area (Å²) in [5, 5.41) is 8.20. The maximum absolute atomic E-state index is 13.3. The number of nitrogens with one attached hydrogen (secondary N) is 1. The van der Waals surface area contributed by atoms with Gasteiger partial charge in [-0.15, -0.1) is 5.10 Å².